The summed E-state index contributed by atoms with van der Waals surface area (Å²) in [4.78, 5) is 29.0. The van der Waals surface area contributed by atoms with Gasteiger partial charge in [0.05, 0.1) is 12.3 Å². The van der Waals surface area contributed by atoms with Crippen molar-refractivity contribution < 1.29 is 9.59 Å². The first kappa shape index (κ1) is 13.3. The van der Waals surface area contributed by atoms with Gasteiger partial charge in [-0.05, 0) is 11.6 Å². The zero-order valence-electron chi connectivity index (χ0n) is 11.5. The monoisotopic (exact) mass is 285 g/mol. The van der Waals surface area contributed by atoms with Gasteiger partial charge in [0.15, 0.2) is 5.82 Å². The Morgan fingerprint density at radius 3 is 3.00 bits per heavy atom. The number of nitrogens with one attached hydrogen (secondary N) is 1. The summed E-state index contributed by atoms with van der Waals surface area (Å²) in [7, 11) is 1.76. The second-order valence-corrected chi connectivity index (χ2v) is 5.05. The minimum absolute atomic E-state index is 0.00914. The van der Waals surface area contributed by atoms with E-state index in [1.54, 1.807) is 11.9 Å². The van der Waals surface area contributed by atoms with Gasteiger partial charge in [0.2, 0.25) is 11.8 Å². The number of hydrogen-bond acceptors (Lipinski definition) is 4. The molecule has 1 aromatic heterocycles. The molecule has 0 saturated carbocycles. The fraction of sp³-hybridized carbons (Fsp3) is 0.286. The van der Waals surface area contributed by atoms with Gasteiger partial charge < -0.3 is 10.6 Å². The molecule has 0 radical (unpaired) electrons. The highest BCUT2D eigenvalue weighted by molar-refractivity contribution is 5.97. The summed E-state index contributed by atoms with van der Waals surface area (Å²) < 4.78 is 0. The quantitative estimate of drug-likeness (QED) is 0.847. The van der Waals surface area contributed by atoms with Crippen molar-refractivity contribution in [3.63, 3.8) is 0 Å². The van der Waals surface area contributed by atoms with Crippen LogP contribution in [0.1, 0.15) is 29.6 Å². The summed E-state index contributed by atoms with van der Waals surface area (Å²) >= 11 is 0. The van der Waals surface area contributed by atoms with Crippen LogP contribution >= 0.6 is 0 Å². The Balaban J connectivity index is 1.99. The summed E-state index contributed by atoms with van der Waals surface area (Å²) in [5, 5.41) is 6.84. The molecular formula is C14H15N5O2. The Bertz CT molecular complexity index is 709. The molecule has 1 atom stereocenters. The van der Waals surface area contributed by atoms with Gasteiger partial charge in [-0.1, -0.05) is 18.2 Å². The summed E-state index contributed by atoms with van der Waals surface area (Å²) in [6.07, 6.45) is 0.316. The minimum atomic E-state index is -0.474. The first-order valence-corrected chi connectivity index (χ1v) is 6.61. The number of aromatic amines is 1. The topological polar surface area (TPSA) is 105 Å². The number of primary amides is 1. The van der Waals surface area contributed by atoms with Gasteiger partial charge >= 0.3 is 0 Å². The van der Waals surface area contributed by atoms with E-state index in [9.17, 15) is 9.59 Å². The van der Waals surface area contributed by atoms with E-state index in [0.717, 1.165) is 11.3 Å². The number of carbonyl (C=O) groups is 2. The number of nitrogens with two attached hydrogens (primary N) is 1. The summed E-state index contributed by atoms with van der Waals surface area (Å²) in [6, 6.07) is 7.68. The number of fused-ring (bicyclic) bond motifs is 1. The third-order valence-electron chi connectivity index (χ3n) is 3.63. The maximum Gasteiger partial charge on any atom is 0.227 e. The number of aromatic nitrogens is 3. The predicted molar refractivity (Wildman–Crippen MR) is 75.6 cm³/mol. The number of benzene rings is 1. The third-order valence-corrected chi connectivity index (χ3v) is 3.63. The molecule has 7 nitrogen and oxygen atoms in total. The molecule has 3 N–H and O–H groups in total. The standard InChI is InChI=1S/C14H15N5O2/c1-19-10-5-3-2-4-8(10)9(6-13(19)21)14-16-12(17-18-14)7-11(15)20/h2-5,9H,6-7H2,1H3,(H2,15,20)(H,16,17,18). The fourth-order valence-corrected chi connectivity index (χ4v) is 2.58. The van der Waals surface area contributed by atoms with Crippen LogP contribution < -0.4 is 10.6 Å². The first-order valence-electron chi connectivity index (χ1n) is 6.61. The SMILES string of the molecule is CN1C(=O)CC(c2n[nH]c(CC(N)=O)n2)c2ccccc21. The highest BCUT2D eigenvalue weighted by Crippen LogP contribution is 2.37. The molecule has 108 valence electrons. The van der Waals surface area contributed by atoms with Crippen LogP contribution in [-0.2, 0) is 16.0 Å². The lowest BCUT2D eigenvalue weighted by Gasteiger charge is -2.30. The molecule has 1 aliphatic heterocycles. The number of carbonyl (C=O) groups excluding carboxylic acids is 2. The maximum absolute atomic E-state index is 12.1. The minimum Gasteiger partial charge on any atom is -0.369 e. The summed E-state index contributed by atoms with van der Waals surface area (Å²) in [6.45, 7) is 0. The second kappa shape index (κ2) is 5.01. The van der Waals surface area contributed by atoms with E-state index in [1.807, 2.05) is 24.3 Å². The molecule has 2 heterocycles. The number of hydrogen-bond donors (Lipinski definition) is 2. The number of H-pyrrole nitrogens is 1. The normalized spacial score (nSPS) is 17.7. The first-order chi connectivity index (χ1) is 10.1. The lowest BCUT2D eigenvalue weighted by atomic mass is 9.89. The number of anilines is 1. The molecule has 2 aromatic rings. The number of amides is 2. The van der Waals surface area contributed by atoms with E-state index < -0.39 is 5.91 Å². The average Bonchev–Trinajstić information content (AvgIpc) is 2.90. The van der Waals surface area contributed by atoms with Crippen LogP contribution in [0.15, 0.2) is 24.3 Å². The van der Waals surface area contributed by atoms with Crippen LogP contribution in [-0.4, -0.2) is 34.0 Å². The Labute approximate surface area is 121 Å². The van der Waals surface area contributed by atoms with E-state index in [2.05, 4.69) is 15.2 Å². The van der Waals surface area contributed by atoms with Gasteiger partial charge in [-0.2, -0.15) is 5.10 Å². The van der Waals surface area contributed by atoms with Crippen molar-refractivity contribution >= 4 is 17.5 Å². The molecule has 1 unspecified atom stereocenters. The molecule has 7 heteroatoms. The maximum atomic E-state index is 12.1. The Morgan fingerprint density at radius 2 is 2.24 bits per heavy atom. The van der Waals surface area contributed by atoms with Crippen LogP contribution in [0.4, 0.5) is 5.69 Å². The predicted octanol–water partition coefficient (Wildman–Crippen LogP) is 0.331. The smallest absolute Gasteiger partial charge is 0.227 e. The van der Waals surface area contributed by atoms with E-state index >= 15 is 0 Å². The van der Waals surface area contributed by atoms with E-state index in [1.165, 1.54) is 0 Å². The van der Waals surface area contributed by atoms with Crippen molar-refractivity contribution in [2.45, 2.75) is 18.8 Å². The average molecular weight is 285 g/mol. The van der Waals surface area contributed by atoms with Crippen LogP contribution in [0.5, 0.6) is 0 Å². The largest absolute Gasteiger partial charge is 0.369 e. The van der Waals surface area contributed by atoms with Gasteiger partial charge in [0.25, 0.3) is 0 Å². The van der Waals surface area contributed by atoms with Gasteiger partial charge in [0, 0.05) is 19.2 Å². The second-order valence-electron chi connectivity index (χ2n) is 5.05. The van der Waals surface area contributed by atoms with Crippen molar-refractivity contribution in [1.82, 2.24) is 15.2 Å². The van der Waals surface area contributed by atoms with Crippen molar-refractivity contribution in [3.8, 4) is 0 Å². The van der Waals surface area contributed by atoms with Gasteiger partial charge in [-0.25, -0.2) is 4.98 Å². The molecule has 0 saturated heterocycles. The molecule has 21 heavy (non-hydrogen) atoms. The molecule has 3 rings (SSSR count). The Hall–Kier alpha value is -2.70. The molecular weight excluding hydrogens is 270 g/mol. The van der Waals surface area contributed by atoms with Crippen molar-refractivity contribution in [2.75, 3.05) is 11.9 Å². The molecule has 2 amide bonds. The lowest BCUT2D eigenvalue weighted by Crippen LogP contribution is -2.33. The van der Waals surface area contributed by atoms with Gasteiger partial charge in [0.1, 0.15) is 5.82 Å². The highest BCUT2D eigenvalue weighted by atomic mass is 16.2. The highest BCUT2D eigenvalue weighted by Gasteiger charge is 2.32. The summed E-state index contributed by atoms with van der Waals surface area (Å²) in [5.74, 6) is 0.266. The number of rotatable bonds is 3. The fourth-order valence-electron chi connectivity index (χ4n) is 2.58. The van der Waals surface area contributed by atoms with E-state index in [4.69, 9.17) is 5.73 Å². The van der Waals surface area contributed by atoms with Crippen LogP contribution in [0.25, 0.3) is 0 Å². The zero-order chi connectivity index (χ0) is 15.0. The molecule has 0 aliphatic carbocycles. The Morgan fingerprint density at radius 1 is 1.48 bits per heavy atom. The van der Waals surface area contributed by atoms with Crippen LogP contribution in [0, 0.1) is 0 Å². The molecule has 1 aliphatic rings. The molecule has 0 fully saturated rings. The Kier molecular flexibility index (Phi) is 3.17. The molecule has 0 bridgehead atoms. The van der Waals surface area contributed by atoms with Crippen LogP contribution in [0.3, 0.4) is 0 Å². The number of nitrogens with zero attached hydrogens (tertiary/aromatic N) is 3. The molecule has 1 aromatic carbocycles. The zero-order valence-corrected chi connectivity index (χ0v) is 11.5. The lowest BCUT2D eigenvalue weighted by molar-refractivity contribution is -0.119. The third kappa shape index (κ3) is 2.37. The van der Waals surface area contributed by atoms with Crippen molar-refractivity contribution in [1.29, 1.82) is 0 Å². The molecule has 0 spiro atoms. The van der Waals surface area contributed by atoms with Gasteiger partial charge in [-0.3, -0.25) is 14.7 Å². The summed E-state index contributed by atoms with van der Waals surface area (Å²) in [5.41, 5.74) is 7.01. The van der Waals surface area contributed by atoms with Crippen molar-refractivity contribution in [3.05, 3.63) is 41.5 Å². The van der Waals surface area contributed by atoms with Gasteiger partial charge in [-0.15, -0.1) is 0 Å². The van der Waals surface area contributed by atoms with Crippen molar-refractivity contribution in [2.24, 2.45) is 5.73 Å². The number of para-hydroxylation sites is 1. The van der Waals surface area contributed by atoms with Crippen LogP contribution in [0.2, 0.25) is 0 Å². The van der Waals surface area contributed by atoms with E-state index in [0.29, 0.717) is 18.1 Å². The van der Waals surface area contributed by atoms with E-state index in [-0.39, 0.29) is 18.2 Å².